The Morgan fingerprint density at radius 1 is 1.33 bits per heavy atom. The van der Waals surface area contributed by atoms with Gasteiger partial charge in [0.2, 0.25) is 11.8 Å². The highest BCUT2D eigenvalue weighted by Gasteiger charge is 2.33. The molecule has 1 N–H and O–H groups in total. The number of nitrogens with zero attached hydrogens (tertiary/aromatic N) is 1. The Balaban J connectivity index is 2.76. The molecule has 18 heavy (non-hydrogen) atoms. The fourth-order valence-corrected chi connectivity index (χ4v) is 2.36. The van der Waals surface area contributed by atoms with E-state index in [1.165, 1.54) is 0 Å². The SMILES string of the molecule is CCCCC(C)N1CCC(=O)NC(C(C)C)C1=O. The molecule has 0 bridgehead atoms. The maximum atomic E-state index is 12.4. The molecule has 1 aliphatic heterocycles. The molecule has 0 radical (unpaired) electrons. The van der Waals surface area contributed by atoms with Crippen molar-refractivity contribution in [1.82, 2.24) is 10.2 Å². The van der Waals surface area contributed by atoms with E-state index in [1.54, 1.807) is 0 Å². The van der Waals surface area contributed by atoms with Crippen LogP contribution in [0.3, 0.4) is 0 Å². The Kier molecular flexibility index (Phi) is 5.63. The van der Waals surface area contributed by atoms with Crippen LogP contribution in [-0.4, -0.2) is 35.3 Å². The molecule has 2 atom stereocenters. The highest BCUT2D eigenvalue weighted by Crippen LogP contribution is 2.16. The van der Waals surface area contributed by atoms with Crippen LogP contribution in [0.2, 0.25) is 0 Å². The number of nitrogens with one attached hydrogen (secondary N) is 1. The standard InChI is InChI=1S/C14H26N2O2/c1-5-6-7-11(4)16-9-8-12(17)15-13(10(2)3)14(16)18/h10-11,13H,5-9H2,1-4H3,(H,15,17). The summed E-state index contributed by atoms with van der Waals surface area (Å²) >= 11 is 0. The second kappa shape index (κ2) is 6.76. The first-order valence-corrected chi connectivity index (χ1v) is 7.07. The lowest BCUT2D eigenvalue weighted by Crippen LogP contribution is -2.50. The van der Waals surface area contributed by atoms with Crippen molar-refractivity contribution >= 4 is 11.8 Å². The summed E-state index contributed by atoms with van der Waals surface area (Å²) in [6.45, 7) is 8.74. The van der Waals surface area contributed by atoms with Crippen molar-refractivity contribution in [2.24, 2.45) is 5.92 Å². The molecule has 2 unspecified atom stereocenters. The Morgan fingerprint density at radius 2 is 2.00 bits per heavy atom. The van der Waals surface area contributed by atoms with Gasteiger partial charge in [-0.25, -0.2) is 0 Å². The van der Waals surface area contributed by atoms with Gasteiger partial charge in [-0.3, -0.25) is 9.59 Å². The first kappa shape index (κ1) is 15.0. The first-order valence-electron chi connectivity index (χ1n) is 7.07. The maximum absolute atomic E-state index is 12.4. The molecule has 1 fully saturated rings. The van der Waals surface area contributed by atoms with Gasteiger partial charge in [0, 0.05) is 19.0 Å². The summed E-state index contributed by atoms with van der Waals surface area (Å²) < 4.78 is 0. The molecule has 4 heteroatoms. The average molecular weight is 254 g/mol. The molecule has 0 aliphatic carbocycles. The van der Waals surface area contributed by atoms with Crippen LogP contribution in [0.1, 0.15) is 53.4 Å². The summed E-state index contributed by atoms with van der Waals surface area (Å²) in [6, 6.07) is -0.129. The molecule has 4 nitrogen and oxygen atoms in total. The summed E-state index contributed by atoms with van der Waals surface area (Å²) in [7, 11) is 0. The van der Waals surface area contributed by atoms with Crippen LogP contribution in [0.4, 0.5) is 0 Å². The number of carbonyl (C=O) groups is 2. The predicted molar refractivity (Wildman–Crippen MR) is 72.1 cm³/mol. The fraction of sp³-hybridized carbons (Fsp3) is 0.857. The quantitative estimate of drug-likeness (QED) is 0.815. The summed E-state index contributed by atoms with van der Waals surface area (Å²) in [5.41, 5.74) is 0. The van der Waals surface area contributed by atoms with Crippen molar-refractivity contribution < 1.29 is 9.59 Å². The summed E-state index contributed by atoms with van der Waals surface area (Å²) in [5, 5.41) is 2.84. The van der Waals surface area contributed by atoms with Crippen LogP contribution in [0.5, 0.6) is 0 Å². The Hall–Kier alpha value is -1.06. The third kappa shape index (κ3) is 3.72. The molecule has 0 aromatic carbocycles. The molecular formula is C14H26N2O2. The number of unbranched alkanes of at least 4 members (excludes halogenated alkanes) is 1. The van der Waals surface area contributed by atoms with Gasteiger partial charge in [0.05, 0.1) is 0 Å². The van der Waals surface area contributed by atoms with E-state index in [0.717, 1.165) is 19.3 Å². The molecule has 104 valence electrons. The van der Waals surface area contributed by atoms with Gasteiger partial charge in [-0.1, -0.05) is 33.6 Å². The van der Waals surface area contributed by atoms with E-state index in [4.69, 9.17) is 0 Å². The summed E-state index contributed by atoms with van der Waals surface area (Å²) in [4.78, 5) is 26.0. The second-order valence-electron chi connectivity index (χ2n) is 5.56. The van der Waals surface area contributed by atoms with Crippen LogP contribution >= 0.6 is 0 Å². The van der Waals surface area contributed by atoms with Gasteiger partial charge in [-0.15, -0.1) is 0 Å². The molecule has 0 aromatic rings. The highest BCUT2D eigenvalue weighted by molar-refractivity contribution is 5.90. The molecule has 0 spiro atoms. The van der Waals surface area contributed by atoms with E-state index in [9.17, 15) is 9.59 Å². The zero-order valence-corrected chi connectivity index (χ0v) is 12.0. The van der Waals surface area contributed by atoms with Crippen LogP contribution in [0, 0.1) is 5.92 Å². The van der Waals surface area contributed by atoms with Crippen molar-refractivity contribution in [2.45, 2.75) is 65.5 Å². The third-order valence-electron chi connectivity index (χ3n) is 3.62. The molecule has 1 rings (SSSR count). The van der Waals surface area contributed by atoms with E-state index >= 15 is 0 Å². The average Bonchev–Trinajstić information content (AvgIpc) is 2.46. The van der Waals surface area contributed by atoms with E-state index in [1.807, 2.05) is 18.7 Å². The van der Waals surface area contributed by atoms with Gasteiger partial charge >= 0.3 is 0 Å². The van der Waals surface area contributed by atoms with E-state index < -0.39 is 0 Å². The van der Waals surface area contributed by atoms with Crippen molar-refractivity contribution in [3.8, 4) is 0 Å². The second-order valence-corrected chi connectivity index (χ2v) is 5.56. The van der Waals surface area contributed by atoms with Crippen molar-refractivity contribution in [3.05, 3.63) is 0 Å². The van der Waals surface area contributed by atoms with Gasteiger partial charge in [-0.05, 0) is 19.3 Å². The van der Waals surface area contributed by atoms with Gasteiger partial charge < -0.3 is 10.2 Å². The van der Waals surface area contributed by atoms with E-state index in [0.29, 0.717) is 13.0 Å². The largest absolute Gasteiger partial charge is 0.344 e. The smallest absolute Gasteiger partial charge is 0.245 e. The molecule has 0 saturated carbocycles. The lowest BCUT2D eigenvalue weighted by Gasteiger charge is -2.31. The van der Waals surface area contributed by atoms with Gasteiger partial charge in [0.25, 0.3) is 0 Å². The minimum Gasteiger partial charge on any atom is -0.344 e. The number of rotatable bonds is 5. The van der Waals surface area contributed by atoms with Gasteiger partial charge in [0.15, 0.2) is 0 Å². The van der Waals surface area contributed by atoms with E-state index in [2.05, 4.69) is 19.2 Å². The highest BCUT2D eigenvalue weighted by atomic mass is 16.2. The normalized spacial score (nSPS) is 22.9. The lowest BCUT2D eigenvalue weighted by molar-refractivity contribution is -0.136. The molecule has 1 saturated heterocycles. The topological polar surface area (TPSA) is 49.4 Å². The fourth-order valence-electron chi connectivity index (χ4n) is 2.36. The zero-order valence-electron chi connectivity index (χ0n) is 12.0. The number of carbonyl (C=O) groups excluding carboxylic acids is 2. The van der Waals surface area contributed by atoms with Crippen molar-refractivity contribution in [1.29, 1.82) is 0 Å². The van der Waals surface area contributed by atoms with E-state index in [-0.39, 0.29) is 29.8 Å². The first-order chi connectivity index (χ1) is 8.47. The minimum absolute atomic E-state index is 0.00718. The Labute approximate surface area is 110 Å². The van der Waals surface area contributed by atoms with Gasteiger partial charge in [-0.2, -0.15) is 0 Å². The summed E-state index contributed by atoms with van der Waals surface area (Å²) in [6.07, 6.45) is 3.70. The monoisotopic (exact) mass is 254 g/mol. The number of amides is 2. The lowest BCUT2D eigenvalue weighted by atomic mass is 10.0. The zero-order chi connectivity index (χ0) is 13.7. The van der Waals surface area contributed by atoms with Crippen molar-refractivity contribution in [3.63, 3.8) is 0 Å². The van der Waals surface area contributed by atoms with Crippen LogP contribution in [0.25, 0.3) is 0 Å². The summed E-state index contributed by atoms with van der Waals surface area (Å²) in [5.74, 6) is 0.215. The molecule has 1 aliphatic rings. The van der Waals surface area contributed by atoms with Crippen LogP contribution in [-0.2, 0) is 9.59 Å². The predicted octanol–water partition coefficient (Wildman–Crippen LogP) is 1.94. The minimum atomic E-state index is -0.357. The van der Waals surface area contributed by atoms with Crippen LogP contribution < -0.4 is 5.32 Å². The third-order valence-corrected chi connectivity index (χ3v) is 3.62. The molecule has 2 amide bonds. The van der Waals surface area contributed by atoms with Gasteiger partial charge in [0.1, 0.15) is 6.04 Å². The number of hydrogen-bond donors (Lipinski definition) is 1. The Morgan fingerprint density at radius 3 is 2.56 bits per heavy atom. The number of hydrogen-bond acceptors (Lipinski definition) is 2. The molecular weight excluding hydrogens is 228 g/mol. The maximum Gasteiger partial charge on any atom is 0.245 e. The van der Waals surface area contributed by atoms with Crippen LogP contribution in [0.15, 0.2) is 0 Å². The Bertz CT molecular complexity index is 302. The molecule has 0 aromatic heterocycles. The van der Waals surface area contributed by atoms with Crippen molar-refractivity contribution in [2.75, 3.05) is 6.54 Å². The molecule has 1 heterocycles.